The van der Waals surface area contributed by atoms with E-state index in [9.17, 15) is 4.79 Å². The number of esters is 1. The van der Waals surface area contributed by atoms with E-state index in [1.54, 1.807) is 18.5 Å². The van der Waals surface area contributed by atoms with E-state index in [1.807, 2.05) is 0 Å². The summed E-state index contributed by atoms with van der Waals surface area (Å²) in [5.74, 6) is 0.796. The van der Waals surface area contributed by atoms with Crippen molar-refractivity contribution in [2.24, 2.45) is 0 Å². The Morgan fingerprint density at radius 1 is 1.19 bits per heavy atom. The van der Waals surface area contributed by atoms with E-state index in [1.165, 1.54) is 23.8 Å². The third kappa shape index (κ3) is 5.06. The number of hydrogen-bond acceptors (Lipinski definition) is 7. The fraction of sp³-hybridized carbons (Fsp3) is 0.310. The third-order valence-electron chi connectivity index (χ3n) is 7.00. The molecule has 2 aromatic carbocycles. The van der Waals surface area contributed by atoms with Gasteiger partial charge in [0.05, 0.1) is 31.2 Å². The highest BCUT2D eigenvalue weighted by molar-refractivity contribution is 5.95. The number of carbonyl (C=O) groups is 1. The van der Waals surface area contributed by atoms with Gasteiger partial charge in [0.15, 0.2) is 0 Å². The largest absolute Gasteiger partial charge is 0.493 e. The Kier molecular flexibility index (Phi) is 7.18. The van der Waals surface area contributed by atoms with Crippen LogP contribution in [0.2, 0.25) is 0 Å². The summed E-state index contributed by atoms with van der Waals surface area (Å²) in [6, 6.07) is 16.9. The molecule has 0 amide bonds. The van der Waals surface area contributed by atoms with Gasteiger partial charge in [0.1, 0.15) is 5.75 Å². The van der Waals surface area contributed by atoms with Crippen molar-refractivity contribution in [1.82, 2.24) is 10.3 Å². The van der Waals surface area contributed by atoms with E-state index in [-0.39, 0.29) is 11.9 Å². The molecule has 1 aromatic heterocycles. The Hall–Kier alpha value is -3.84. The van der Waals surface area contributed by atoms with E-state index in [2.05, 4.69) is 76.1 Å². The summed E-state index contributed by atoms with van der Waals surface area (Å²) >= 11 is 0. The molecule has 5 rings (SSSR count). The molecule has 0 saturated heterocycles. The highest BCUT2D eigenvalue weighted by atomic mass is 16.5. The molecule has 1 atom stereocenters. The first-order chi connectivity index (χ1) is 17.6. The van der Waals surface area contributed by atoms with Gasteiger partial charge in [-0.15, -0.1) is 0 Å². The van der Waals surface area contributed by atoms with Crippen LogP contribution < -0.4 is 20.3 Å². The number of hydrogen-bond donors (Lipinski definition) is 2. The van der Waals surface area contributed by atoms with Gasteiger partial charge in [-0.1, -0.05) is 24.3 Å². The molecular formula is C29H32N4O3. The molecule has 7 nitrogen and oxygen atoms in total. The third-order valence-corrected chi connectivity index (χ3v) is 7.00. The maximum absolute atomic E-state index is 12.1. The number of rotatable bonds is 7. The summed E-state index contributed by atoms with van der Waals surface area (Å²) in [5.41, 5.74) is 7.25. The van der Waals surface area contributed by atoms with Gasteiger partial charge in [0.2, 0.25) is 0 Å². The lowest BCUT2D eigenvalue weighted by atomic mass is 9.92. The Labute approximate surface area is 212 Å². The second-order valence-corrected chi connectivity index (χ2v) is 9.14. The number of nitrogens with one attached hydrogen (secondary N) is 2. The molecule has 3 aromatic rings. The van der Waals surface area contributed by atoms with Crippen molar-refractivity contribution in [2.45, 2.75) is 18.8 Å². The van der Waals surface area contributed by atoms with E-state index >= 15 is 0 Å². The molecule has 2 aliphatic heterocycles. The van der Waals surface area contributed by atoms with Crippen molar-refractivity contribution in [3.05, 3.63) is 83.7 Å². The van der Waals surface area contributed by atoms with E-state index in [0.29, 0.717) is 24.4 Å². The molecule has 36 heavy (non-hydrogen) atoms. The minimum Gasteiger partial charge on any atom is -0.493 e. The fourth-order valence-electron chi connectivity index (χ4n) is 4.86. The Morgan fingerprint density at radius 3 is 2.81 bits per heavy atom. The minimum atomic E-state index is -0.375. The summed E-state index contributed by atoms with van der Waals surface area (Å²) in [5, 5.41) is 6.76. The van der Waals surface area contributed by atoms with E-state index in [4.69, 9.17) is 9.47 Å². The molecule has 186 valence electrons. The number of aromatic nitrogens is 1. The molecule has 2 aliphatic rings. The molecule has 0 saturated carbocycles. The summed E-state index contributed by atoms with van der Waals surface area (Å²) in [6.45, 7) is 3.31. The zero-order valence-electron chi connectivity index (χ0n) is 20.8. The van der Waals surface area contributed by atoms with Gasteiger partial charge in [0.25, 0.3) is 0 Å². The topological polar surface area (TPSA) is 75.7 Å². The zero-order valence-corrected chi connectivity index (χ0v) is 20.8. The number of ether oxygens (including phenoxy) is 2. The predicted molar refractivity (Wildman–Crippen MR) is 143 cm³/mol. The molecule has 0 fully saturated rings. The monoisotopic (exact) mass is 484 g/mol. The highest BCUT2D eigenvalue weighted by Crippen LogP contribution is 2.38. The molecule has 7 heteroatoms. The summed E-state index contributed by atoms with van der Waals surface area (Å²) in [7, 11) is 3.47. The molecule has 0 bridgehead atoms. The lowest BCUT2D eigenvalue weighted by molar-refractivity contribution is 0.0601. The van der Waals surface area contributed by atoms with Crippen LogP contribution in [0.1, 0.15) is 40.2 Å². The Balaban J connectivity index is 1.30. The van der Waals surface area contributed by atoms with Crippen molar-refractivity contribution in [2.75, 3.05) is 50.6 Å². The zero-order chi connectivity index (χ0) is 24.9. The van der Waals surface area contributed by atoms with Crippen LogP contribution in [0.4, 0.5) is 17.1 Å². The summed E-state index contributed by atoms with van der Waals surface area (Å²) in [6.07, 6.45) is 7.50. The first kappa shape index (κ1) is 23.9. The second-order valence-electron chi connectivity index (χ2n) is 9.14. The summed E-state index contributed by atoms with van der Waals surface area (Å²) < 4.78 is 11.0. The number of nitrogens with zero attached hydrogens (tertiary/aromatic N) is 2. The first-order valence-electron chi connectivity index (χ1n) is 12.4. The molecule has 3 heterocycles. The normalized spacial score (nSPS) is 16.8. The number of methoxy groups -OCH3 is 1. The van der Waals surface area contributed by atoms with E-state index < -0.39 is 0 Å². The number of fused-ring (bicyclic) bond motifs is 1. The first-order valence-corrected chi connectivity index (χ1v) is 12.4. The van der Waals surface area contributed by atoms with Crippen LogP contribution in [0.5, 0.6) is 5.75 Å². The van der Waals surface area contributed by atoms with Crippen LogP contribution in [-0.2, 0) is 4.74 Å². The second kappa shape index (κ2) is 10.8. The van der Waals surface area contributed by atoms with Gasteiger partial charge in [-0.2, -0.15) is 0 Å². The van der Waals surface area contributed by atoms with Crippen LogP contribution in [0.3, 0.4) is 0 Å². The Morgan fingerprint density at radius 2 is 2.03 bits per heavy atom. The van der Waals surface area contributed by atoms with Crippen molar-refractivity contribution >= 4 is 28.6 Å². The smallest absolute Gasteiger partial charge is 0.340 e. The number of pyridine rings is 1. The van der Waals surface area contributed by atoms with Crippen molar-refractivity contribution in [3.63, 3.8) is 0 Å². The van der Waals surface area contributed by atoms with Crippen LogP contribution in [-0.4, -0.2) is 51.4 Å². The van der Waals surface area contributed by atoms with Gasteiger partial charge in [0, 0.05) is 49.7 Å². The maximum Gasteiger partial charge on any atom is 0.340 e. The molecule has 0 unspecified atom stereocenters. The minimum absolute atomic E-state index is 0.261. The number of benzene rings is 2. The average molecular weight is 485 g/mol. The van der Waals surface area contributed by atoms with E-state index in [0.717, 1.165) is 43.1 Å². The quantitative estimate of drug-likeness (QED) is 0.458. The average Bonchev–Trinajstić information content (AvgIpc) is 2.95. The van der Waals surface area contributed by atoms with Crippen molar-refractivity contribution < 1.29 is 14.3 Å². The fourth-order valence-corrected chi connectivity index (χ4v) is 4.86. The van der Waals surface area contributed by atoms with Crippen LogP contribution in [0, 0.1) is 0 Å². The number of carbonyl (C=O) groups excluding carboxylic acids is 1. The maximum atomic E-state index is 12.1. The van der Waals surface area contributed by atoms with Crippen LogP contribution in [0.25, 0.3) is 5.57 Å². The molecular weight excluding hydrogens is 452 g/mol. The van der Waals surface area contributed by atoms with Gasteiger partial charge < -0.3 is 25.0 Å². The lowest BCUT2D eigenvalue weighted by Gasteiger charge is -2.29. The van der Waals surface area contributed by atoms with Crippen molar-refractivity contribution in [1.29, 1.82) is 0 Å². The number of anilines is 3. The van der Waals surface area contributed by atoms with Gasteiger partial charge in [-0.05, 0) is 60.4 Å². The molecule has 0 aliphatic carbocycles. The SMILES string of the molecule is COC(=O)c1ccncc1NC[C@@H]1CCOc2cc(N(C)c3ccc(C4=CCNCC4)cc3)ccc21. The highest BCUT2D eigenvalue weighted by Gasteiger charge is 2.23. The molecule has 0 radical (unpaired) electrons. The van der Waals surface area contributed by atoms with Crippen LogP contribution in [0.15, 0.2) is 67.0 Å². The van der Waals surface area contributed by atoms with Gasteiger partial charge in [-0.3, -0.25) is 4.98 Å². The Bertz CT molecular complexity index is 1260. The van der Waals surface area contributed by atoms with Crippen LogP contribution >= 0.6 is 0 Å². The predicted octanol–water partition coefficient (Wildman–Crippen LogP) is 4.99. The summed E-state index contributed by atoms with van der Waals surface area (Å²) in [4.78, 5) is 18.4. The molecule has 2 N–H and O–H groups in total. The van der Waals surface area contributed by atoms with Gasteiger partial charge >= 0.3 is 5.97 Å². The van der Waals surface area contributed by atoms with Gasteiger partial charge in [-0.25, -0.2) is 4.79 Å². The van der Waals surface area contributed by atoms with Crippen molar-refractivity contribution in [3.8, 4) is 5.75 Å². The standard InChI is InChI=1S/C29H32N4O3/c1-33(23-5-3-20(4-6-23)21-9-13-30-14-10-21)24-7-8-25-22(12-16-36-28(25)17-24)18-32-27-19-31-15-11-26(27)29(34)35-2/h3-9,11,15,17,19,22,30,32H,10,12-14,16,18H2,1-2H3/t22-/m0/s1. The lowest BCUT2D eigenvalue weighted by Crippen LogP contribution is -2.22. The molecule has 0 spiro atoms.